The van der Waals surface area contributed by atoms with Crippen LogP contribution in [-0.4, -0.2) is 59.1 Å². The van der Waals surface area contributed by atoms with E-state index in [0.717, 1.165) is 11.4 Å². The Kier molecular flexibility index (Phi) is 4.53. The van der Waals surface area contributed by atoms with Crippen molar-refractivity contribution in [2.75, 3.05) is 38.7 Å². The Morgan fingerprint density at radius 3 is 2.79 bits per heavy atom. The van der Waals surface area contributed by atoms with Gasteiger partial charge in [-0.05, 0) is 25.1 Å². The van der Waals surface area contributed by atoms with Crippen LogP contribution >= 0.6 is 0 Å². The summed E-state index contributed by atoms with van der Waals surface area (Å²) in [4.78, 5) is 25.2. The number of amides is 1. The molecule has 0 aromatic carbocycles. The maximum Gasteiger partial charge on any atom is 0.270 e. The summed E-state index contributed by atoms with van der Waals surface area (Å²) >= 11 is 0. The van der Waals surface area contributed by atoms with E-state index in [2.05, 4.69) is 9.97 Å². The lowest BCUT2D eigenvalue weighted by atomic mass is 10.2. The van der Waals surface area contributed by atoms with Crippen molar-refractivity contribution in [2.45, 2.75) is 13.0 Å². The lowest BCUT2D eigenvalue weighted by molar-refractivity contribution is -0.0250. The zero-order chi connectivity index (χ0) is 17.3. The molecule has 0 bridgehead atoms. The van der Waals surface area contributed by atoms with Gasteiger partial charge in [0, 0.05) is 39.6 Å². The number of hydrogen-bond acceptors (Lipinski definition) is 5. The molecule has 1 atom stereocenters. The summed E-state index contributed by atoms with van der Waals surface area (Å²) in [6.45, 7) is 3.57. The molecule has 0 aliphatic carbocycles. The Labute approximate surface area is 141 Å². The summed E-state index contributed by atoms with van der Waals surface area (Å²) in [5, 5.41) is 0. The van der Waals surface area contributed by atoms with E-state index in [1.165, 1.54) is 0 Å². The first-order valence-electron chi connectivity index (χ1n) is 8.01. The third kappa shape index (κ3) is 3.12. The fourth-order valence-corrected chi connectivity index (χ4v) is 2.76. The minimum Gasteiger partial charge on any atom is -0.368 e. The molecule has 0 N–H and O–H groups in total. The summed E-state index contributed by atoms with van der Waals surface area (Å²) in [5.41, 5.74) is 2.56. The highest BCUT2D eigenvalue weighted by Crippen LogP contribution is 2.23. The number of aryl methyl sites for hydroxylation is 1. The van der Waals surface area contributed by atoms with Gasteiger partial charge in [0.1, 0.15) is 11.8 Å². The van der Waals surface area contributed by atoms with Crippen LogP contribution in [0.4, 0.5) is 5.95 Å². The van der Waals surface area contributed by atoms with E-state index >= 15 is 0 Å². The quantitative estimate of drug-likeness (QED) is 0.852. The number of carbonyl (C=O) groups is 1. The summed E-state index contributed by atoms with van der Waals surface area (Å²) in [6, 6.07) is 5.67. The van der Waals surface area contributed by atoms with Crippen LogP contribution < -0.4 is 4.90 Å². The Bertz CT molecular complexity index is 740. The van der Waals surface area contributed by atoms with Crippen LogP contribution in [0.5, 0.6) is 0 Å². The SMILES string of the molecule is Cc1ccc(C(=O)N2CCO[C@H](c3ccnc(N(C)C)n3)C2)n1C. The first-order chi connectivity index (χ1) is 11.5. The zero-order valence-electron chi connectivity index (χ0n) is 14.6. The van der Waals surface area contributed by atoms with Crippen LogP contribution in [-0.2, 0) is 11.8 Å². The minimum absolute atomic E-state index is 0.0285. The largest absolute Gasteiger partial charge is 0.368 e. The maximum absolute atomic E-state index is 12.8. The number of aromatic nitrogens is 3. The molecule has 7 heteroatoms. The van der Waals surface area contributed by atoms with Gasteiger partial charge in [-0.3, -0.25) is 4.79 Å². The van der Waals surface area contributed by atoms with Crippen LogP contribution in [0.3, 0.4) is 0 Å². The molecule has 1 aliphatic rings. The van der Waals surface area contributed by atoms with E-state index in [9.17, 15) is 4.79 Å². The molecule has 3 heterocycles. The molecule has 2 aromatic heterocycles. The molecular formula is C17H23N5O2. The molecule has 3 rings (SSSR count). The fourth-order valence-electron chi connectivity index (χ4n) is 2.76. The molecule has 1 fully saturated rings. The van der Waals surface area contributed by atoms with Gasteiger partial charge >= 0.3 is 0 Å². The van der Waals surface area contributed by atoms with Crippen molar-refractivity contribution in [1.29, 1.82) is 0 Å². The molecule has 7 nitrogen and oxygen atoms in total. The number of ether oxygens (including phenoxy) is 1. The Balaban J connectivity index is 1.78. The molecule has 0 unspecified atom stereocenters. The Morgan fingerprint density at radius 2 is 2.12 bits per heavy atom. The molecular weight excluding hydrogens is 306 g/mol. The molecule has 2 aromatic rings. The van der Waals surface area contributed by atoms with E-state index in [0.29, 0.717) is 31.3 Å². The van der Waals surface area contributed by atoms with Crippen molar-refractivity contribution in [2.24, 2.45) is 7.05 Å². The second-order valence-corrected chi connectivity index (χ2v) is 6.21. The first-order valence-corrected chi connectivity index (χ1v) is 8.01. The van der Waals surface area contributed by atoms with Crippen molar-refractivity contribution in [3.05, 3.63) is 41.5 Å². The number of rotatable bonds is 3. The molecule has 24 heavy (non-hydrogen) atoms. The van der Waals surface area contributed by atoms with E-state index in [-0.39, 0.29) is 12.0 Å². The smallest absolute Gasteiger partial charge is 0.270 e. The second kappa shape index (κ2) is 6.60. The fraction of sp³-hybridized carbons (Fsp3) is 0.471. The topological polar surface area (TPSA) is 63.5 Å². The van der Waals surface area contributed by atoms with Gasteiger partial charge < -0.3 is 19.1 Å². The molecule has 1 aliphatic heterocycles. The van der Waals surface area contributed by atoms with Crippen molar-refractivity contribution in [1.82, 2.24) is 19.4 Å². The third-order valence-electron chi connectivity index (χ3n) is 4.34. The molecule has 0 spiro atoms. The number of hydrogen-bond donors (Lipinski definition) is 0. The molecule has 1 saturated heterocycles. The molecule has 0 saturated carbocycles. The highest BCUT2D eigenvalue weighted by Gasteiger charge is 2.28. The van der Waals surface area contributed by atoms with Gasteiger partial charge in [0.25, 0.3) is 5.91 Å². The predicted octanol–water partition coefficient (Wildman–Crippen LogP) is 1.40. The van der Waals surface area contributed by atoms with Crippen LogP contribution in [0.2, 0.25) is 0 Å². The van der Waals surface area contributed by atoms with E-state index in [4.69, 9.17) is 4.74 Å². The minimum atomic E-state index is -0.231. The van der Waals surface area contributed by atoms with Crippen LogP contribution in [0, 0.1) is 6.92 Å². The summed E-state index contributed by atoms with van der Waals surface area (Å²) < 4.78 is 7.76. The number of nitrogens with zero attached hydrogens (tertiary/aromatic N) is 5. The average Bonchev–Trinajstić information content (AvgIpc) is 2.93. The molecule has 128 valence electrons. The predicted molar refractivity (Wildman–Crippen MR) is 91.1 cm³/mol. The van der Waals surface area contributed by atoms with Gasteiger partial charge in [-0.2, -0.15) is 0 Å². The second-order valence-electron chi connectivity index (χ2n) is 6.21. The maximum atomic E-state index is 12.8. The van der Waals surface area contributed by atoms with Gasteiger partial charge in [-0.25, -0.2) is 9.97 Å². The van der Waals surface area contributed by atoms with Gasteiger partial charge in [0.2, 0.25) is 5.95 Å². The monoisotopic (exact) mass is 329 g/mol. The summed E-state index contributed by atoms with van der Waals surface area (Å²) in [5.74, 6) is 0.665. The normalized spacial score (nSPS) is 17.8. The van der Waals surface area contributed by atoms with Crippen molar-refractivity contribution < 1.29 is 9.53 Å². The Morgan fingerprint density at radius 1 is 1.33 bits per heavy atom. The zero-order valence-corrected chi connectivity index (χ0v) is 14.6. The Hall–Kier alpha value is -2.41. The summed E-state index contributed by atoms with van der Waals surface area (Å²) in [7, 11) is 5.71. The lowest BCUT2D eigenvalue weighted by Gasteiger charge is -2.33. The van der Waals surface area contributed by atoms with Crippen LogP contribution in [0.1, 0.15) is 28.0 Å². The third-order valence-corrected chi connectivity index (χ3v) is 4.34. The first kappa shape index (κ1) is 16.4. The molecule has 1 amide bonds. The van der Waals surface area contributed by atoms with E-state index in [1.54, 1.807) is 6.20 Å². The highest BCUT2D eigenvalue weighted by molar-refractivity contribution is 5.93. The number of anilines is 1. The van der Waals surface area contributed by atoms with Gasteiger partial charge in [-0.15, -0.1) is 0 Å². The summed E-state index contributed by atoms with van der Waals surface area (Å²) in [6.07, 6.45) is 1.49. The average molecular weight is 329 g/mol. The molecule has 0 radical (unpaired) electrons. The van der Waals surface area contributed by atoms with E-state index < -0.39 is 0 Å². The van der Waals surface area contributed by atoms with E-state index in [1.807, 2.05) is 60.6 Å². The van der Waals surface area contributed by atoms with Gasteiger partial charge in [-0.1, -0.05) is 0 Å². The van der Waals surface area contributed by atoms with Crippen LogP contribution in [0.15, 0.2) is 24.4 Å². The van der Waals surface area contributed by atoms with Crippen molar-refractivity contribution in [3.63, 3.8) is 0 Å². The highest BCUT2D eigenvalue weighted by atomic mass is 16.5. The number of carbonyl (C=O) groups excluding carboxylic acids is 1. The number of morpholine rings is 1. The van der Waals surface area contributed by atoms with Crippen molar-refractivity contribution >= 4 is 11.9 Å². The van der Waals surface area contributed by atoms with Crippen LogP contribution in [0.25, 0.3) is 0 Å². The standard InChI is InChI=1S/C17H23N5O2/c1-12-5-6-14(21(12)4)16(23)22-9-10-24-15(11-22)13-7-8-18-17(19-13)20(2)3/h5-8,15H,9-11H2,1-4H3/t15-/m0/s1. The van der Waals surface area contributed by atoms with Gasteiger partial charge in [0.05, 0.1) is 18.8 Å². The van der Waals surface area contributed by atoms with Gasteiger partial charge in [0.15, 0.2) is 0 Å². The lowest BCUT2D eigenvalue weighted by Crippen LogP contribution is -2.43. The van der Waals surface area contributed by atoms with Crippen molar-refractivity contribution in [3.8, 4) is 0 Å².